The molecule has 0 spiro atoms. The second-order valence-electron chi connectivity index (χ2n) is 6.23. The van der Waals surface area contributed by atoms with E-state index in [4.69, 9.17) is 11.6 Å². The van der Waals surface area contributed by atoms with Crippen molar-refractivity contribution in [2.24, 2.45) is 0 Å². The molecular weight excluding hydrogens is 342 g/mol. The summed E-state index contributed by atoms with van der Waals surface area (Å²) in [6.45, 7) is 0. The van der Waals surface area contributed by atoms with Gasteiger partial charge in [-0.3, -0.25) is 9.69 Å². The van der Waals surface area contributed by atoms with Crippen molar-refractivity contribution in [2.45, 2.75) is 12.8 Å². The van der Waals surface area contributed by atoms with Gasteiger partial charge < -0.3 is 0 Å². The number of carbonyl (C=O) groups is 1. The molecule has 0 aromatic heterocycles. The van der Waals surface area contributed by atoms with Crippen LogP contribution in [0.15, 0.2) is 90.6 Å². The van der Waals surface area contributed by atoms with Crippen LogP contribution < -0.4 is 4.90 Å². The summed E-state index contributed by atoms with van der Waals surface area (Å²) in [6, 6.07) is 28.0. The van der Waals surface area contributed by atoms with Crippen molar-refractivity contribution in [1.29, 1.82) is 0 Å². The molecule has 0 aliphatic carbocycles. The van der Waals surface area contributed by atoms with E-state index in [0.717, 1.165) is 28.1 Å². The molecule has 0 unspecified atom stereocenters. The van der Waals surface area contributed by atoms with Gasteiger partial charge in [0.1, 0.15) is 0 Å². The van der Waals surface area contributed by atoms with E-state index >= 15 is 0 Å². The van der Waals surface area contributed by atoms with E-state index in [2.05, 4.69) is 24.3 Å². The molecule has 128 valence electrons. The lowest BCUT2D eigenvalue weighted by Gasteiger charge is -2.23. The topological polar surface area (TPSA) is 20.3 Å². The van der Waals surface area contributed by atoms with Gasteiger partial charge in [0.2, 0.25) is 5.91 Å². The smallest absolute Gasteiger partial charge is 0.231 e. The number of nitrogens with zero attached hydrogens (tertiary/aromatic N) is 1. The fraction of sp³-hybridized carbons (Fsp3) is 0.0870. The lowest BCUT2D eigenvalue weighted by Crippen LogP contribution is -2.23. The van der Waals surface area contributed by atoms with Crippen LogP contribution in [0.1, 0.15) is 24.0 Å². The van der Waals surface area contributed by atoms with Gasteiger partial charge in [-0.1, -0.05) is 84.4 Å². The highest BCUT2D eigenvalue weighted by molar-refractivity contribution is 6.34. The lowest BCUT2D eigenvalue weighted by atomic mass is 9.95. The first-order valence-electron chi connectivity index (χ1n) is 8.67. The van der Waals surface area contributed by atoms with E-state index in [1.807, 2.05) is 60.7 Å². The minimum absolute atomic E-state index is 0.0810. The second-order valence-corrected chi connectivity index (χ2v) is 6.64. The number of halogens is 1. The maximum absolute atomic E-state index is 12.7. The number of hydrogen-bond acceptors (Lipinski definition) is 1. The SMILES string of the molecule is O=C1CCC(=C(c2ccccc2)c2ccccc2)N1c1ccccc1Cl. The minimum Gasteiger partial charge on any atom is -0.283 e. The number of para-hydroxylation sites is 1. The third-order valence-electron chi connectivity index (χ3n) is 4.60. The summed E-state index contributed by atoms with van der Waals surface area (Å²) < 4.78 is 0. The normalized spacial score (nSPS) is 14.0. The Balaban J connectivity index is 1.97. The first kappa shape index (κ1) is 16.6. The quantitative estimate of drug-likeness (QED) is 0.567. The highest BCUT2D eigenvalue weighted by Crippen LogP contribution is 2.40. The Hall–Kier alpha value is -2.84. The average molecular weight is 360 g/mol. The molecule has 1 aliphatic rings. The summed E-state index contributed by atoms with van der Waals surface area (Å²) in [5.74, 6) is 0.0810. The number of benzene rings is 3. The molecule has 0 atom stereocenters. The summed E-state index contributed by atoms with van der Waals surface area (Å²) >= 11 is 6.42. The minimum atomic E-state index is 0.0810. The lowest BCUT2D eigenvalue weighted by molar-refractivity contribution is -0.116. The predicted molar refractivity (Wildman–Crippen MR) is 107 cm³/mol. The van der Waals surface area contributed by atoms with Gasteiger partial charge in [0, 0.05) is 17.7 Å². The monoisotopic (exact) mass is 359 g/mol. The van der Waals surface area contributed by atoms with Crippen LogP contribution in [0.2, 0.25) is 5.02 Å². The van der Waals surface area contributed by atoms with Crippen LogP contribution in [0.5, 0.6) is 0 Å². The highest BCUT2D eigenvalue weighted by Gasteiger charge is 2.31. The summed E-state index contributed by atoms with van der Waals surface area (Å²) in [5.41, 5.74) is 5.02. The van der Waals surface area contributed by atoms with Crippen LogP contribution in [0.3, 0.4) is 0 Å². The molecular formula is C23H18ClNO. The maximum atomic E-state index is 12.7. The molecule has 1 saturated heterocycles. The Morgan fingerprint density at radius 1 is 0.731 bits per heavy atom. The summed E-state index contributed by atoms with van der Waals surface area (Å²) in [6.07, 6.45) is 1.19. The standard InChI is InChI=1S/C23H18ClNO/c24-19-13-7-8-14-20(19)25-21(15-16-22(25)26)23(17-9-3-1-4-10-17)18-11-5-2-6-12-18/h1-14H,15-16H2. The molecule has 1 amide bonds. The van der Waals surface area contributed by atoms with E-state index < -0.39 is 0 Å². The molecule has 2 nitrogen and oxygen atoms in total. The van der Waals surface area contributed by atoms with E-state index in [-0.39, 0.29) is 5.91 Å². The predicted octanol–water partition coefficient (Wildman–Crippen LogP) is 5.93. The Kier molecular flexibility index (Phi) is 4.59. The zero-order chi connectivity index (χ0) is 17.9. The number of hydrogen-bond donors (Lipinski definition) is 0. The van der Waals surface area contributed by atoms with Gasteiger partial charge in [-0.05, 0) is 29.7 Å². The first-order chi connectivity index (χ1) is 12.8. The van der Waals surface area contributed by atoms with E-state index in [0.29, 0.717) is 17.9 Å². The van der Waals surface area contributed by atoms with Crippen LogP contribution >= 0.6 is 11.6 Å². The Labute approximate surface area is 158 Å². The van der Waals surface area contributed by atoms with Gasteiger partial charge in [-0.2, -0.15) is 0 Å². The third kappa shape index (κ3) is 3.04. The number of carbonyl (C=O) groups excluding carboxylic acids is 1. The summed E-state index contributed by atoms with van der Waals surface area (Å²) in [5, 5.41) is 0.584. The zero-order valence-electron chi connectivity index (χ0n) is 14.2. The average Bonchev–Trinajstić information content (AvgIpc) is 3.05. The summed E-state index contributed by atoms with van der Waals surface area (Å²) in [7, 11) is 0. The molecule has 0 N–H and O–H groups in total. The zero-order valence-corrected chi connectivity index (χ0v) is 15.0. The van der Waals surface area contributed by atoms with Gasteiger partial charge in [0.05, 0.1) is 10.7 Å². The molecule has 3 heteroatoms. The Bertz CT molecular complexity index is 922. The van der Waals surface area contributed by atoms with Crippen LogP contribution in [-0.4, -0.2) is 5.91 Å². The molecule has 1 fully saturated rings. The molecule has 3 aromatic rings. The van der Waals surface area contributed by atoms with Gasteiger partial charge in [0.15, 0.2) is 0 Å². The van der Waals surface area contributed by atoms with Crippen LogP contribution in [-0.2, 0) is 4.79 Å². The van der Waals surface area contributed by atoms with Crippen molar-refractivity contribution < 1.29 is 4.79 Å². The Morgan fingerprint density at radius 2 is 1.27 bits per heavy atom. The fourth-order valence-electron chi connectivity index (χ4n) is 3.46. The number of rotatable bonds is 3. The molecule has 3 aromatic carbocycles. The fourth-order valence-corrected chi connectivity index (χ4v) is 3.68. The van der Waals surface area contributed by atoms with Crippen molar-refractivity contribution in [2.75, 3.05) is 4.90 Å². The van der Waals surface area contributed by atoms with Gasteiger partial charge in [0.25, 0.3) is 0 Å². The molecule has 0 radical (unpaired) electrons. The second kappa shape index (κ2) is 7.19. The highest BCUT2D eigenvalue weighted by atomic mass is 35.5. The van der Waals surface area contributed by atoms with Gasteiger partial charge >= 0.3 is 0 Å². The first-order valence-corrected chi connectivity index (χ1v) is 9.05. The van der Waals surface area contributed by atoms with E-state index in [1.54, 1.807) is 4.90 Å². The number of allylic oxidation sites excluding steroid dienone is 1. The number of amides is 1. The van der Waals surface area contributed by atoms with Crippen LogP contribution in [0, 0.1) is 0 Å². The van der Waals surface area contributed by atoms with E-state index in [9.17, 15) is 4.79 Å². The van der Waals surface area contributed by atoms with Crippen molar-refractivity contribution in [1.82, 2.24) is 0 Å². The van der Waals surface area contributed by atoms with Crippen molar-refractivity contribution in [3.63, 3.8) is 0 Å². The molecule has 0 saturated carbocycles. The van der Waals surface area contributed by atoms with Crippen LogP contribution in [0.25, 0.3) is 5.57 Å². The van der Waals surface area contributed by atoms with Crippen molar-refractivity contribution in [3.05, 3.63) is 107 Å². The van der Waals surface area contributed by atoms with Crippen LogP contribution in [0.4, 0.5) is 5.69 Å². The third-order valence-corrected chi connectivity index (χ3v) is 4.92. The van der Waals surface area contributed by atoms with E-state index in [1.165, 1.54) is 0 Å². The Morgan fingerprint density at radius 3 is 1.85 bits per heavy atom. The van der Waals surface area contributed by atoms with Gasteiger partial charge in [-0.25, -0.2) is 0 Å². The maximum Gasteiger partial charge on any atom is 0.231 e. The summed E-state index contributed by atoms with van der Waals surface area (Å²) in [4.78, 5) is 14.5. The van der Waals surface area contributed by atoms with Gasteiger partial charge in [-0.15, -0.1) is 0 Å². The molecule has 26 heavy (non-hydrogen) atoms. The largest absolute Gasteiger partial charge is 0.283 e. The molecule has 1 aliphatic heterocycles. The number of anilines is 1. The molecule has 1 heterocycles. The van der Waals surface area contributed by atoms with Crippen molar-refractivity contribution >= 4 is 28.8 Å². The molecule has 4 rings (SSSR count). The molecule has 0 bridgehead atoms. The van der Waals surface area contributed by atoms with Crippen molar-refractivity contribution in [3.8, 4) is 0 Å².